The minimum absolute atomic E-state index is 0.613. The van der Waals surface area contributed by atoms with Crippen LogP contribution in [0.15, 0.2) is 152 Å². The van der Waals surface area contributed by atoms with Gasteiger partial charge < -0.3 is 9.47 Å². The zero-order valence-corrected chi connectivity index (χ0v) is 25.1. The second-order valence-electron chi connectivity index (χ2n) is 11.2. The summed E-state index contributed by atoms with van der Waals surface area (Å²) in [5, 5.41) is 4.74. The monoisotopic (exact) mass is 595 g/mol. The maximum atomic E-state index is 6.65. The first kappa shape index (κ1) is 25.6. The molecule has 212 valence electrons. The lowest BCUT2D eigenvalue weighted by atomic mass is 10.1. The van der Waals surface area contributed by atoms with Crippen LogP contribution < -0.4 is 30.2 Å². The van der Waals surface area contributed by atoms with Gasteiger partial charge in [-0.1, -0.05) is 115 Å². The fourth-order valence-corrected chi connectivity index (χ4v) is 11.9. The van der Waals surface area contributed by atoms with Gasteiger partial charge in [-0.3, -0.25) is 0 Å². The SMILES string of the molecule is c1ccc(-c2nc(-c3ccccc3)nc(-c3ccc4c(c3)[Si]3(c5ccccc5Oc5ccccc53)c3ccccc3O4)n2)cc1. The van der Waals surface area contributed by atoms with Crippen LogP contribution in [0.3, 0.4) is 0 Å². The number of ether oxygens (including phenoxy) is 2. The summed E-state index contributed by atoms with van der Waals surface area (Å²) >= 11 is 0. The number of fused-ring (bicyclic) bond motifs is 8. The Morgan fingerprint density at radius 2 is 0.711 bits per heavy atom. The lowest BCUT2D eigenvalue weighted by Crippen LogP contribution is -2.77. The molecule has 45 heavy (non-hydrogen) atoms. The quantitative estimate of drug-likeness (QED) is 0.220. The third-order valence-electron chi connectivity index (χ3n) is 8.65. The molecule has 0 amide bonds. The highest BCUT2D eigenvalue weighted by Gasteiger charge is 2.53. The molecular weight excluding hydrogens is 571 g/mol. The maximum Gasteiger partial charge on any atom is 0.196 e. The Kier molecular flexibility index (Phi) is 5.76. The van der Waals surface area contributed by atoms with Crippen LogP contribution >= 0.6 is 0 Å². The zero-order chi connectivity index (χ0) is 29.8. The Morgan fingerprint density at radius 1 is 0.333 bits per heavy atom. The van der Waals surface area contributed by atoms with Crippen LogP contribution in [0.25, 0.3) is 34.2 Å². The van der Waals surface area contributed by atoms with Gasteiger partial charge in [0.25, 0.3) is 0 Å². The van der Waals surface area contributed by atoms with E-state index in [4.69, 9.17) is 24.4 Å². The molecule has 6 aromatic carbocycles. The summed E-state index contributed by atoms with van der Waals surface area (Å²) in [7, 11) is -2.89. The van der Waals surface area contributed by atoms with E-state index in [2.05, 4.69) is 72.8 Å². The summed E-state index contributed by atoms with van der Waals surface area (Å²) < 4.78 is 13.2. The van der Waals surface area contributed by atoms with Crippen LogP contribution in [0, 0.1) is 0 Å². The van der Waals surface area contributed by atoms with Crippen molar-refractivity contribution in [2.45, 2.75) is 0 Å². The van der Waals surface area contributed by atoms with Crippen LogP contribution in [0.4, 0.5) is 0 Å². The molecule has 9 rings (SSSR count). The highest BCUT2D eigenvalue weighted by Crippen LogP contribution is 2.37. The number of hydrogen-bond donors (Lipinski definition) is 0. The van der Waals surface area contributed by atoms with E-state index >= 15 is 0 Å². The summed E-state index contributed by atoms with van der Waals surface area (Å²) in [5.41, 5.74) is 2.78. The van der Waals surface area contributed by atoms with E-state index < -0.39 is 8.07 Å². The first-order chi connectivity index (χ1) is 22.3. The van der Waals surface area contributed by atoms with Crippen molar-refractivity contribution < 1.29 is 9.47 Å². The van der Waals surface area contributed by atoms with Crippen molar-refractivity contribution in [2.75, 3.05) is 0 Å². The molecule has 0 bridgehead atoms. The fraction of sp³-hybridized carbons (Fsp3) is 0. The summed E-state index contributed by atoms with van der Waals surface area (Å²) in [4.78, 5) is 15.0. The molecule has 1 spiro atoms. The standard InChI is InChI=1S/C39H25N3O2Si/c1-3-13-26(14-4-1)37-40-38(27-15-5-2-6-16-27)42-39(41-37)28-23-24-32-36(25-28)45(35-22-12-9-19-31(35)44-32)33-20-10-7-17-29(33)43-30-18-8-11-21-34(30)45/h1-25H. The Labute approximate surface area is 261 Å². The summed E-state index contributed by atoms with van der Waals surface area (Å²) in [5.74, 6) is 5.37. The van der Waals surface area contributed by atoms with Crippen LogP contribution in [0.1, 0.15) is 0 Å². The molecule has 0 unspecified atom stereocenters. The summed E-state index contributed by atoms with van der Waals surface area (Å²) in [6.07, 6.45) is 0. The predicted octanol–water partition coefficient (Wildman–Crippen LogP) is 6.46. The summed E-state index contributed by atoms with van der Waals surface area (Å²) in [6, 6.07) is 51.9. The number of hydrogen-bond acceptors (Lipinski definition) is 5. The Hall–Kier alpha value is -5.85. The number of para-hydroxylation sites is 3. The van der Waals surface area contributed by atoms with E-state index in [9.17, 15) is 0 Å². The molecule has 2 aliphatic rings. The molecule has 0 aliphatic carbocycles. The van der Waals surface area contributed by atoms with Crippen molar-refractivity contribution in [3.05, 3.63) is 152 Å². The molecule has 0 saturated carbocycles. The molecule has 3 heterocycles. The van der Waals surface area contributed by atoms with Gasteiger partial charge in [-0.2, -0.15) is 0 Å². The third-order valence-corrected chi connectivity index (χ3v) is 13.5. The molecule has 0 fully saturated rings. The van der Waals surface area contributed by atoms with Crippen LogP contribution in [-0.4, -0.2) is 23.0 Å². The second-order valence-corrected chi connectivity index (χ2v) is 14.8. The first-order valence-electron chi connectivity index (χ1n) is 14.9. The van der Waals surface area contributed by atoms with Gasteiger partial charge in [0, 0.05) is 16.7 Å². The van der Waals surface area contributed by atoms with Gasteiger partial charge in [0.2, 0.25) is 0 Å². The van der Waals surface area contributed by atoms with E-state index in [1.165, 1.54) is 15.6 Å². The topological polar surface area (TPSA) is 57.1 Å². The van der Waals surface area contributed by atoms with Gasteiger partial charge in [0.1, 0.15) is 23.0 Å². The van der Waals surface area contributed by atoms with Crippen LogP contribution in [-0.2, 0) is 0 Å². The van der Waals surface area contributed by atoms with Crippen molar-refractivity contribution in [3.8, 4) is 57.2 Å². The van der Waals surface area contributed by atoms with Gasteiger partial charge in [-0.05, 0) is 57.1 Å². The molecule has 0 atom stereocenters. The summed E-state index contributed by atoms with van der Waals surface area (Å²) in [6.45, 7) is 0. The smallest absolute Gasteiger partial charge is 0.196 e. The zero-order valence-electron chi connectivity index (χ0n) is 24.1. The maximum absolute atomic E-state index is 6.65. The number of nitrogens with zero attached hydrogens (tertiary/aromatic N) is 3. The molecule has 5 nitrogen and oxygen atoms in total. The van der Waals surface area contributed by atoms with Gasteiger partial charge in [0.05, 0.1) is 0 Å². The number of aromatic nitrogens is 3. The van der Waals surface area contributed by atoms with Gasteiger partial charge in [0.15, 0.2) is 25.5 Å². The van der Waals surface area contributed by atoms with Crippen molar-refractivity contribution in [2.24, 2.45) is 0 Å². The van der Waals surface area contributed by atoms with Crippen molar-refractivity contribution in [3.63, 3.8) is 0 Å². The van der Waals surface area contributed by atoms with Crippen molar-refractivity contribution in [1.29, 1.82) is 0 Å². The first-order valence-corrected chi connectivity index (χ1v) is 16.9. The Bertz CT molecular complexity index is 2080. The van der Waals surface area contributed by atoms with Gasteiger partial charge in [-0.25, -0.2) is 15.0 Å². The number of rotatable bonds is 3. The molecule has 1 aromatic heterocycles. The molecular formula is C39H25N3O2Si. The Balaban J connectivity index is 1.33. The van der Waals surface area contributed by atoms with E-state index in [0.717, 1.165) is 44.9 Å². The second kappa shape index (κ2) is 10.1. The van der Waals surface area contributed by atoms with Crippen molar-refractivity contribution in [1.82, 2.24) is 15.0 Å². The lowest BCUT2D eigenvalue weighted by Gasteiger charge is -2.43. The number of benzene rings is 6. The normalized spacial score (nSPS) is 13.4. The van der Waals surface area contributed by atoms with Crippen molar-refractivity contribution >= 4 is 28.8 Å². The highest BCUT2D eigenvalue weighted by molar-refractivity contribution is 7.21. The van der Waals surface area contributed by atoms with Gasteiger partial charge >= 0.3 is 0 Å². The molecule has 0 radical (unpaired) electrons. The van der Waals surface area contributed by atoms with E-state index in [-0.39, 0.29) is 0 Å². The van der Waals surface area contributed by atoms with Crippen LogP contribution in [0.5, 0.6) is 23.0 Å². The average molecular weight is 596 g/mol. The molecule has 7 aromatic rings. The van der Waals surface area contributed by atoms with Crippen LogP contribution in [0.2, 0.25) is 0 Å². The van der Waals surface area contributed by atoms with E-state index in [1.54, 1.807) is 0 Å². The van der Waals surface area contributed by atoms with E-state index in [1.807, 2.05) is 78.9 Å². The van der Waals surface area contributed by atoms with Gasteiger partial charge in [-0.15, -0.1) is 0 Å². The molecule has 6 heteroatoms. The van der Waals surface area contributed by atoms with E-state index in [0.29, 0.717) is 17.5 Å². The third kappa shape index (κ3) is 3.96. The lowest BCUT2D eigenvalue weighted by molar-refractivity contribution is 0.481. The largest absolute Gasteiger partial charge is 0.458 e. The highest BCUT2D eigenvalue weighted by atomic mass is 28.3. The fourth-order valence-electron chi connectivity index (χ4n) is 6.69. The molecule has 2 aliphatic heterocycles. The minimum Gasteiger partial charge on any atom is -0.458 e. The molecule has 0 N–H and O–H groups in total. The molecule has 0 saturated heterocycles. The minimum atomic E-state index is -2.89. The predicted molar refractivity (Wildman–Crippen MR) is 180 cm³/mol. The Morgan fingerprint density at radius 3 is 1.18 bits per heavy atom. The average Bonchev–Trinajstić information content (AvgIpc) is 3.12.